The lowest BCUT2D eigenvalue weighted by Crippen LogP contribution is -2.35. The van der Waals surface area contributed by atoms with Crippen LogP contribution in [0.4, 0.5) is 10.6 Å². The third-order valence-corrected chi connectivity index (χ3v) is 2.53. The highest BCUT2D eigenvalue weighted by atomic mass is 16.6. The van der Waals surface area contributed by atoms with Gasteiger partial charge in [-0.3, -0.25) is 0 Å². The molecule has 0 bridgehead atoms. The number of carbonyl (C=O) groups excluding carboxylic acids is 1. The molecule has 1 aromatic heterocycles. The molecule has 2 N–H and O–H groups in total. The van der Waals surface area contributed by atoms with Crippen molar-refractivity contribution >= 4 is 11.9 Å². The molecule has 6 heteroatoms. The van der Waals surface area contributed by atoms with Gasteiger partial charge in [-0.05, 0) is 20.8 Å². The molecule has 0 fully saturated rings. The summed E-state index contributed by atoms with van der Waals surface area (Å²) >= 11 is 0. The second-order valence-corrected chi connectivity index (χ2v) is 6.89. The Morgan fingerprint density at radius 2 is 1.81 bits per heavy atom. The van der Waals surface area contributed by atoms with Gasteiger partial charge < -0.3 is 15.4 Å². The normalized spacial score (nSPS) is 11.9. The van der Waals surface area contributed by atoms with Crippen LogP contribution in [0.1, 0.15) is 47.2 Å². The van der Waals surface area contributed by atoms with E-state index in [1.165, 1.54) is 0 Å². The lowest BCUT2D eigenvalue weighted by Gasteiger charge is -2.20. The molecule has 1 rings (SSSR count). The molecule has 0 radical (unpaired) electrons. The standard InChI is InChI=1S/C15H26N4O2/c1-14(2,3)11-9-12(19-10-18-11)16-7-8-17-13(20)21-15(4,5)6/h9-10H,7-8H2,1-6H3,(H,17,20)(H,16,18,19). The number of amides is 1. The molecule has 0 atom stereocenters. The molecule has 0 saturated heterocycles. The smallest absolute Gasteiger partial charge is 0.407 e. The molecule has 0 aromatic carbocycles. The topological polar surface area (TPSA) is 76.1 Å². The van der Waals surface area contributed by atoms with E-state index in [0.717, 1.165) is 11.5 Å². The van der Waals surface area contributed by atoms with E-state index >= 15 is 0 Å². The Bertz CT molecular complexity index is 475. The molecule has 1 aromatic rings. The van der Waals surface area contributed by atoms with E-state index < -0.39 is 11.7 Å². The largest absolute Gasteiger partial charge is 0.444 e. The first-order valence-corrected chi connectivity index (χ1v) is 7.11. The van der Waals surface area contributed by atoms with Crippen LogP contribution in [-0.4, -0.2) is 34.8 Å². The summed E-state index contributed by atoms with van der Waals surface area (Å²) in [4.78, 5) is 19.9. The second kappa shape index (κ2) is 6.74. The van der Waals surface area contributed by atoms with Crippen LogP contribution in [0.5, 0.6) is 0 Å². The number of carbonyl (C=O) groups is 1. The zero-order chi connectivity index (χ0) is 16.1. The third kappa shape index (κ3) is 6.92. The lowest BCUT2D eigenvalue weighted by molar-refractivity contribution is 0.0530. The van der Waals surface area contributed by atoms with E-state index in [4.69, 9.17) is 4.74 Å². The zero-order valence-corrected chi connectivity index (χ0v) is 13.8. The van der Waals surface area contributed by atoms with Gasteiger partial charge in [0.25, 0.3) is 0 Å². The Kier molecular flexibility index (Phi) is 5.52. The van der Waals surface area contributed by atoms with E-state index in [1.807, 2.05) is 26.8 Å². The minimum absolute atomic E-state index is 0.0197. The number of hydrogen-bond acceptors (Lipinski definition) is 5. The minimum Gasteiger partial charge on any atom is -0.444 e. The average molecular weight is 294 g/mol. The molecular weight excluding hydrogens is 268 g/mol. The van der Waals surface area contributed by atoms with Crippen molar-refractivity contribution in [3.8, 4) is 0 Å². The maximum atomic E-state index is 11.5. The van der Waals surface area contributed by atoms with Crippen LogP contribution in [0.3, 0.4) is 0 Å². The van der Waals surface area contributed by atoms with Crippen LogP contribution >= 0.6 is 0 Å². The number of nitrogens with zero attached hydrogens (tertiary/aromatic N) is 2. The van der Waals surface area contributed by atoms with Gasteiger partial charge in [0, 0.05) is 24.6 Å². The van der Waals surface area contributed by atoms with Crippen molar-refractivity contribution in [2.45, 2.75) is 52.6 Å². The van der Waals surface area contributed by atoms with Gasteiger partial charge in [-0.15, -0.1) is 0 Å². The maximum Gasteiger partial charge on any atom is 0.407 e. The summed E-state index contributed by atoms with van der Waals surface area (Å²) in [7, 11) is 0. The summed E-state index contributed by atoms with van der Waals surface area (Å²) in [5, 5.41) is 5.84. The van der Waals surface area contributed by atoms with E-state index in [2.05, 4.69) is 41.4 Å². The first-order chi connectivity index (χ1) is 9.58. The Labute approximate surface area is 126 Å². The Morgan fingerprint density at radius 3 is 2.38 bits per heavy atom. The van der Waals surface area contributed by atoms with Crippen molar-refractivity contribution in [3.63, 3.8) is 0 Å². The van der Waals surface area contributed by atoms with Crippen molar-refractivity contribution in [1.29, 1.82) is 0 Å². The highest BCUT2D eigenvalue weighted by molar-refractivity contribution is 5.67. The van der Waals surface area contributed by atoms with Gasteiger partial charge in [-0.1, -0.05) is 20.8 Å². The van der Waals surface area contributed by atoms with E-state index in [-0.39, 0.29) is 5.41 Å². The van der Waals surface area contributed by atoms with Gasteiger partial charge >= 0.3 is 6.09 Å². The molecule has 0 aliphatic heterocycles. The van der Waals surface area contributed by atoms with E-state index in [0.29, 0.717) is 13.1 Å². The quantitative estimate of drug-likeness (QED) is 0.835. The van der Waals surface area contributed by atoms with Crippen LogP contribution in [0.15, 0.2) is 12.4 Å². The maximum absolute atomic E-state index is 11.5. The number of aromatic nitrogens is 2. The van der Waals surface area contributed by atoms with Crippen molar-refractivity contribution in [2.24, 2.45) is 0 Å². The summed E-state index contributed by atoms with van der Waals surface area (Å²) in [6, 6.07) is 1.92. The van der Waals surface area contributed by atoms with Crippen LogP contribution in [0, 0.1) is 0 Å². The minimum atomic E-state index is -0.480. The average Bonchev–Trinajstić information content (AvgIpc) is 2.32. The SMILES string of the molecule is CC(C)(C)OC(=O)NCCNc1cc(C(C)(C)C)ncn1. The third-order valence-electron chi connectivity index (χ3n) is 2.53. The van der Waals surface area contributed by atoms with Crippen molar-refractivity contribution in [1.82, 2.24) is 15.3 Å². The monoisotopic (exact) mass is 294 g/mol. The summed E-state index contributed by atoms with van der Waals surface area (Å²) in [5.74, 6) is 0.751. The summed E-state index contributed by atoms with van der Waals surface area (Å²) < 4.78 is 5.15. The molecule has 0 aliphatic carbocycles. The molecule has 0 aliphatic rings. The zero-order valence-electron chi connectivity index (χ0n) is 13.8. The molecular formula is C15H26N4O2. The molecule has 118 valence electrons. The second-order valence-electron chi connectivity index (χ2n) is 6.89. The van der Waals surface area contributed by atoms with Gasteiger partial charge in [0.15, 0.2) is 0 Å². The predicted molar refractivity (Wildman–Crippen MR) is 83.5 cm³/mol. The molecule has 21 heavy (non-hydrogen) atoms. The summed E-state index contributed by atoms with van der Waals surface area (Å²) in [5.41, 5.74) is 0.472. The highest BCUT2D eigenvalue weighted by Gasteiger charge is 2.16. The Balaban J connectivity index is 2.38. The van der Waals surface area contributed by atoms with Gasteiger partial charge in [0.1, 0.15) is 17.7 Å². The van der Waals surface area contributed by atoms with Crippen molar-refractivity contribution in [2.75, 3.05) is 18.4 Å². The number of anilines is 1. The predicted octanol–water partition coefficient (Wildman–Crippen LogP) is 2.71. The molecule has 0 saturated carbocycles. The first-order valence-electron chi connectivity index (χ1n) is 7.11. The number of ether oxygens (including phenoxy) is 1. The Hall–Kier alpha value is -1.85. The lowest BCUT2D eigenvalue weighted by atomic mass is 9.92. The number of rotatable bonds is 4. The summed E-state index contributed by atoms with van der Waals surface area (Å²) in [6.45, 7) is 12.8. The van der Waals surface area contributed by atoms with Crippen molar-refractivity contribution < 1.29 is 9.53 Å². The first kappa shape index (κ1) is 17.2. The van der Waals surface area contributed by atoms with Crippen LogP contribution in [0.2, 0.25) is 0 Å². The van der Waals surface area contributed by atoms with Crippen LogP contribution < -0.4 is 10.6 Å². The summed E-state index contributed by atoms with van der Waals surface area (Å²) in [6.07, 6.45) is 1.13. The number of alkyl carbamates (subject to hydrolysis) is 1. The molecule has 1 amide bonds. The fraction of sp³-hybridized carbons (Fsp3) is 0.667. The fourth-order valence-electron chi connectivity index (χ4n) is 1.53. The van der Waals surface area contributed by atoms with Crippen LogP contribution in [-0.2, 0) is 10.2 Å². The van der Waals surface area contributed by atoms with E-state index in [9.17, 15) is 4.79 Å². The number of hydrogen-bond donors (Lipinski definition) is 2. The molecule has 0 unspecified atom stereocenters. The van der Waals surface area contributed by atoms with Gasteiger partial charge in [0.2, 0.25) is 0 Å². The van der Waals surface area contributed by atoms with Gasteiger partial charge in [0.05, 0.1) is 5.69 Å². The Morgan fingerprint density at radius 1 is 1.14 bits per heavy atom. The molecule has 6 nitrogen and oxygen atoms in total. The van der Waals surface area contributed by atoms with E-state index in [1.54, 1.807) is 6.33 Å². The van der Waals surface area contributed by atoms with Crippen molar-refractivity contribution in [3.05, 3.63) is 18.1 Å². The van der Waals surface area contributed by atoms with Gasteiger partial charge in [-0.25, -0.2) is 14.8 Å². The highest BCUT2D eigenvalue weighted by Crippen LogP contribution is 2.20. The van der Waals surface area contributed by atoms with Crippen LogP contribution in [0.25, 0.3) is 0 Å². The fourth-order valence-corrected chi connectivity index (χ4v) is 1.53. The molecule has 0 spiro atoms. The number of nitrogens with one attached hydrogen (secondary N) is 2. The van der Waals surface area contributed by atoms with Gasteiger partial charge in [-0.2, -0.15) is 0 Å². The molecule has 1 heterocycles.